The summed E-state index contributed by atoms with van der Waals surface area (Å²) in [4.78, 5) is 0. The second-order valence-electron chi connectivity index (χ2n) is 11.9. The molecule has 2 aliphatic heterocycles. The van der Waals surface area contributed by atoms with Gasteiger partial charge in [-0.15, -0.1) is 4.31 Å². The Morgan fingerprint density at radius 1 is 0.921 bits per heavy atom. The monoisotopic (exact) mass is 568 g/mol. The summed E-state index contributed by atoms with van der Waals surface area (Å²) >= 11 is 0. The maximum absolute atomic E-state index is 13.1. The zero-order chi connectivity index (χ0) is 27.3. The molecule has 6 atom stereocenters. The van der Waals surface area contributed by atoms with E-state index >= 15 is 0 Å². The van der Waals surface area contributed by atoms with E-state index in [1.165, 1.54) is 6.42 Å². The molecule has 0 spiro atoms. The largest absolute Gasteiger partial charge is 0.597 e. The zero-order valence-corrected chi connectivity index (χ0v) is 23.5. The topological polar surface area (TPSA) is 113 Å². The summed E-state index contributed by atoms with van der Waals surface area (Å²) in [5.41, 5.74) is 0. The van der Waals surface area contributed by atoms with Gasteiger partial charge in [0, 0.05) is 25.2 Å². The highest BCUT2D eigenvalue weighted by atomic mass is 32.3. The lowest BCUT2D eigenvalue weighted by molar-refractivity contribution is -0.199. The SMILES string of the molecule is CC(C)C1CCCC(NC2NC(NC3CCN([S+](=O)([O-])C4CCCCC4)CC3)NC(OCC(F)(F)F)N2)C1. The lowest BCUT2D eigenvalue weighted by Gasteiger charge is -2.44. The predicted octanol–water partition coefficient (Wildman–Crippen LogP) is 2.93. The standard InChI is InChI=1S/C25H47F3N6O3S/c1-17(2)18-7-6-8-20(15-18)30-23-31-22(32-24(33-23)37-16-25(26,27)28)29-19-11-13-34(14-12-19)38(35,36)21-9-4-3-5-10-21/h17-24,29-33H,3-16H2,1-2H3. The summed E-state index contributed by atoms with van der Waals surface area (Å²) in [5.74, 6) is 1.22. The summed E-state index contributed by atoms with van der Waals surface area (Å²) in [6, 6.07) is 0.288. The number of alkyl halides is 3. The van der Waals surface area contributed by atoms with E-state index in [0.717, 1.165) is 51.4 Å². The molecule has 0 aromatic rings. The molecule has 0 aromatic carbocycles. The van der Waals surface area contributed by atoms with Crippen molar-refractivity contribution in [3.8, 4) is 0 Å². The molecule has 4 aliphatic rings. The number of halogens is 3. The fourth-order valence-corrected chi connectivity index (χ4v) is 8.46. The Kier molecular flexibility index (Phi) is 10.9. The third-order valence-corrected chi connectivity index (χ3v) is 11.0. The first-order valence-electron chi connectivity index (χ1n) is 14.5. The summed E-state index contributed by atoms with van der Waals surface area (Å²) in [7, 11) is -3.28. The fourth-order valence-electron chi connectivity index (χ4n) is 6.39. The van der Waals surface area contributed by atoms with Crippen LogP contribution < -0.4 is 26.6 Å². The van der Waals surface area contributed by atoms with Crippen molar-refractivity contribution in [1.29, 1.82) is 0 Å². The molecule has 13 heteroatoms. The first-order chi connectivity index (χ1) is 18.0. The Morgan fingerprint density at radius 3 is 2.16 bits per heavy atom. The van der Waals surface area contributed by atoms with Gasteiger partial charge in [-0.05, 0) is 63.2 Å². The highest BCUT2D eigenvalue weighted by Crippen LogP contribution is 2.32. The number of piperidine rings is 1. The highest BCUT2D eigenvalue weighted by Gasteiger charge is 2.40. The average molecular weight is 569 g/mol. The van der Waals surface area contributed by atoms with Crippen molar-refractivity contribution in [2.75, 3.05) is 19.7 Å². The van der Waals surface area contributed by atoms with Crippen LogP contribution in [0.1, 0.15) is 84.5 Å². The smallest absolute Gasteiger partial charge is 0.411 e. The molecule has 0 bridgehead atoms. The molecular weight excluding hydrogens is 521 g/mol. The predicted molar refractivity (Wildman–Crippen MR) is 140 cm³/mol. The quantitative estimate of drug-likeness (QED) is 0.270. The van der Waals surface area contributed by atoms with Crippen molar-refractivity contribution in [2.24, 2.45) is 11.8 Å². The van der Waals surface area contributed by atoms with E-state index in [-0.39, 0.29) is 17.3 Å². The molecule has 2 heterocycles. The molecule has 222 valence electrons. The van der Waals surface area contributed by atoms with Crippen molar-refractivity contribution in [1.82, 2.24) is 30.9 Å². The van der Waals surface area contributed by atoms with Crippen molar-refractivity contribution in [3.05, 3.63) is 0 Å². The van der Waals surface area contributed by atoms with Crippen LogP contribution in [0, 0.1) is 11.8 Å². The highest BCUT2D eigenvalue weighted by molar-refractivity contribution is 7.96. The van der Waals surface area contributed by atoms with Gasteiger partial charge < -0.3 is 9.29 Å². The first-order valence-corrected chi connectivity index (χ1v) is 16.0. The van der Waals surface area contributed by atoms with E-state index < -0.39 is 42.1 Å². The van der Waals surface area contributed by atoms with E-state index in [0.29, 0.717) is 37.8 Å². The summed E-state index contributed by atoms with van der Waals surface area (Å²) in [6.07, 6.45) is 3.87. The number of nitrogens with zero attached hydrogens (tertiary/aromatic N) is 1. The lowest BCUT2D eigenvalue weighted by Crippen LogP contribution is -2.76. The second kappa shape index (κ2) is 13.5. The van der Waals surface area contributed by atoms with Crippen LogP contribution in [0.15, 0.2) is 0 Å². The zero-order valence-electron chi connectivity index (χ0n) is 22.7. The minimum absolute atomic E-state index is 0.0276. The van der Waals surface area contributed by atoms with Crippen molar-refractivity contribution >= 4 is 10.4 Å². The minimum Gasteiger partial charge on any atom is -0.597 e. The van der Waals surface area contributed by atoms with Gasteiger partial charge in [0.05, 0.1) is 0 Å². The summed E-state index contributed by atoms with van der Waals surface area (Å²) in [5, 5.41) is 16.2. The third kappa shape index (κ3) is 8.81. The fraction of sp³-hybridized carbons (Fsp3) is 1.00. The number of rotatable bonds is 9. The van der Waals surface area contributed by atoms with Crippen LogP contribution in [0.3, 0.4) is 0 Å². The molecule has 0 radical (unpaired) electrons. The first kappa shape index (κ1) is 30.6. The third-order valence-electron chi connectivity index (χ3n) is 8.63. The Balaban J connectivity index is 1.31. The normalized spacial score (nSPS) is 34.9. The summed E-state index contributed by atoms with van der Waals surface area (Å²) < 4.78 is 71.5. The van der Waals surface area contributed by atoms with Gasteiger partial charge in [0.1, 0.15) is 34.8 Å². The number of sulfonamides is 1. The molecule has 0 amide bonds. The Morgan fingerprint density at radius 2 is 1.55 bits per heavy atom. The molecule has 2 saturated carbocycles. The Labute approximate surface area is 226 Å². The van der Waals surface area contributed by atoms with Crippen LogP contribution in [0.5, 0.6) is 0 Å². The number of ether oxygens (including phenoxy) is 1. The van der Waals surface area contributed by atoms with Crippen LogP contribution >= 0.6 is 0 Å². The van der Waals surface area contributed by atoms with Crippen LogP contribution in [-0.4, -0.2) is 71.0 Å². The van der Waals surface area contributed by atoms with Gasteiger partial charge in [-0.1, -0.05) is 37.3 Å². The van der Waals surface area contributed by atoms with Crippen molar-refractivity contribution < 1.29 is 26.7 Å². The van der Waals surface area contributed by atoms with Crippen LogP contribution in [0.2, 0.25) is 0 Å². The molecule has 6 unspecified atom stereocenters. The Hall–Kier alpha value is -0.380. The van der Waals surface area contributed by atoms with Crippen LogP contribution in [0.25, 0.3) is 0 Å². The van der Waals surface area contributed by atoms with Gasteiger partial charge in [0.25, 0.3) is 0 Å². The molecule has 0 aromatic heterocycles. The molecule has 5 N–H and O–H groups in total. The van der Waals surface area contributed by atoms with E-state index in [2.05, 4.69) is 40.4 Å². The minimum atomic E-state index is -4.43. The van der Waals surface area contributed by atoms with Crippen molar-refractivity contribution in [2.45, 2.75) is 127 Å². The second-order valence-corrected chi connectivity index (χ2v) is 14.1. The lowest BCUT2D eigenvalue weighted by atomic mass is 9.79. The molecule has 4 fully saturated rings. The van der Waals surface area contributed by atoms with Gasteiger partial charge in [-0.3, -0.25) is 26.6 Å². The van der Waals surface area contributed by atoms with Crippen LogP contribution in [0.4, 0.5) is 13.2 Å². The number of hydrogen-bond donors (Lipinski definition) is 5. The summed E-state index contributed by atoms with van der Waals surface area (Å²) in [6.45, 7) is 4.03. The van der Waals surface area contributed by atoms with Gasteiger partial charge in [-0.25, -0.2) is 0 Å². The van der Waals surface area contributed by atoms with Gasteiger partial charge in [0.2, 0.25) is 0 Å². The molecule has 4 rings (SSSR count). The Bertz CT molecular complexity index is 780. The molecule has 9 nitrogen and oxygen atoms in total. The molecular formula is C25H47F3N6O3S. The average Bonchev–Trinajstić information content (AvgIpc) is 2.88. The molecule has 2 saturated heterocycles. The van der Waals surface area contributed by atoms with Gasteiger partial charge >= 0.3 is 6.18 Å². The van der Waals surface area contributed by atoms with E-state index in [9.17, 15) is 21.9 Å². The van der Waals surface area contributed by atoms with Gasteiger partial charge in [0.15, 0.2) is 6.35 Å². The van der Waals surface area contributed by atoms with Crippen LogP contribution in [-0.2, 0) is 19.3 Å². The molecule has 2 aliphatic carbocycles. The van der Waals surface area contributed by atoms with E-state index in [1.807, 2.05) is 0 Å². The molecule has 38 heavy (non-hydrogen) atoms. The van der Waals surface area contributed by atoms with E-state index in [1.54, 1.807) is 4.31 Å². The van der Waals surface area contributed by atoms with E-state index in [4.69, 9.17) is 4.74 Å². The number of nitrogens with one attached hydrogen (secondary N) is 5. The maximum atomic E-state index is 13.1. The number of hydrogen-bond acceptors (Lipinski definition) is 8. The van der Waals surface area contributed by atoms with Crippen molar-refractivity contribution in [3.63, 3.8) is 0 Å². The van der Waals surface area contributed by atoms with Gasteiger partial charge in [-0.2, -0.15) is 13.2 Å². The maximum Gasteiger partial charge on any atom is 0.411 e.